The van der Waals surface area contributed by atoms with E-state index in [1.807, 2.05) is 26.0 Å². The molecule has 0 aromatic rings. The first kappa shape index (κ1) is 7.44. The van der Waals surface area contributed by atoms with E-state index in [9.17, 15) is 0 Å². The molecule has 1 heteroatoms. The van der Waals surface area contributed by atoms with Gasteiger partial charge in [0.05, 0.1) is 6.61 Å². The van der Waals surface area contributed by atoms with Crippen molar-refractivity contribution in [3.8, 4) is 0 Å². The summed E-state index contributed by atoms with van der Waals surface area (Å²) in [4.78, 5) is 0. The number of allylic oxidation sites excluding steroid dienone is 3. The molecule has 0 heterocycles. The van der Waals surface area contributed by atoms with Crippen LogP contribution in [0.15, 0.2) is 23.8 Å². The fourth-order valence-electron chi connectivity index (χ4n) is 0.475. The highest BCUT2D eigenvalue weighted by Crippen LogP contribution is 1.91. The van der Waals surface area contributed by atoms with Crippen molar-refractivity contribution in [2.75, 3.05) is 6.61 Å². The fraction of sp³-hybridized carbons (Fsp3) is 0.429. The predicted molar refractivity (Wildman–Crippen MR) is 35.7 cm³/mol. The Bertz CT molecular complexity index is 101. The summed E-state index contributed by atoms with van der Waals surface area (Å²) in [5.41, 5.74) is 1.11. The SMILES string of the molecule is C/C=C/C(C)=C/CO. The van der Waals surface area contributed by atoms with Gasteiger partial charge < -0.3 is 5.11 Å². The standard InChI is InChI=1S/C7H12O/c1-3-4-7(2)5-6-8/h3-5,8H,6H2,1-2H3/b4-3+,7-5+. The number of hydrogen-bond donors (Lipinski definition) is 1. The summed E-state index contributed by atoms with van der Waals surface area (Å²) in [6.07, 6.45) is 5.66. The molecule has 0 saturated heterocycles. The minimum absolute atomic E-state index is 0.135. The molecule has 0 radical (unpaired) electrons. The largest absolute Gasteiger partial charge is 0.392 e. The summed E-state index contributed by atoms with van der Waals surface area (Å²) in [5, 5.41) is 8.35. The second-order valence-corrected chi connectivity index (χ2v) is 1.63. The third-order valence-electron chi connectivity index (χ3n) is 0.843. The van der Waals surface area contributed by atoms with E-state index in [-0.39, 0.29) is 6.61 Å². The molecule has 0 spiro atoms. The molecule has 1 nitrogen and oxygen atoms in total. The first-order valence-electron chi connectivity index (χ1n) is 2.71. The lowest BCUT2D eigenvalue weighted by Gasteiger charge is -1.85. The van der Waals surface area contributed by atoms with Crippen LogP contribution in [0, 0.1) is 0 Å². The van der Waals surface area contributed by atoms with Gasteiger partial charge in [0, 0.05) is 0 Å². The number of rotatable bonds is 2. The maximum absolute atomic E-state index is 8.35. The highest BCUT2D eigenvalue weighted by Gasteiger charge is 1.74. The van der Waals surface area contributed by atoms with E-state index in [0.29, 0.717) is 0 Å². The van der Waals surface area contributed by atoms with Gasteiger partial charge in [0.1, 0.15) is 0 Å². The van der Waals surface area contributed by atoms with Crippen molar-refractivity contribution in [3.05, 3.63) is 23.8 Å². The molecular weight excluding hydrogens is 100 g/mol. The molecule has 0 aliphatic carbocycles. The molecule has 0 bridgehead atoms. The lowest BCUT2D eigenvalue weighted by Crippen LogP contribution is -1.74. The summed E-state index contributed by atoms with van der Waals surface area (Å²) in [7, 11) is 0. The zero-order valence-corrected chi connectivity index (χ0v) is 5.39. The number of aliphatic hydroxyl groups excluding tert-OH is 1. The Morgan fingerprint density at radius 3 is 2.62 bits per heavy atom. The van der Waals surface area contributed by atoms with E-state index >= 15 is 0 Å². The Balaban J connectivity index is 3.61. The van der Waals surface area contributed by atoms with Crippen LogP contribution in [0.4, 0.5) is 0 Å². The Morgan fingerprint density at radius 1 is 1.62 bits per heavy atom. The van der Waals surface area contributed by atoms with Crippen LogP contribution in [0.3, 0.4) is 0 Å². The summed E-state index contributed by atoms with van der Waals surface area (Å²) in [6.45, 7) is 4.04. The Kier molecular flexibility index (Phi) is 4.27. The maximum atomic E-state index is 8.35. The van der Waals surface area contributed by atoms with Gasteiger partial charge in [-0.3, -0.25) is 0 Å². The van der Waals surface area contributed by atoms with Gasteiger partial charge in [-0.05, 0) is 13.8 Å². The average molecular weight is 112 g/mol. The third kappa shape index (κ3) is 3.62. The van der Waals surface area contributed by atoms with Crippen molar-refractivity contribution >= 4 is 0 Å². The third-order valence-corrected chi connectivity index (χ3v) is 0.843. The predicted octanol–water partition coefficient (Wildman–Crippen LogP) is 1.50. The molecule has 0 aliphatic heterocycles. The normalized spacial score (nSPS) is 13.1. The number of hydrogen-bond acceptors (Lipinski definition) is 1. The Labute approximate surface area is 50.3 Å². The van der Waals surface area contributed by atoms with Gasteiger partial charge in [0.2, 0.25) is 0 Å². The van der Waals surface area contributed by atoms with Crippen LogP contribution in [0.25, 0.3) is 0 Å². The van der Waals surface area contributed by atoms with Gasteiger partial charge in [-0.1, -0.05) is 23.8 Å². The van der Waals surface area contributed by atoms with Crippen molar-refractivity contribution in [1.29, 1.82) is 0 Å². The van der Waals surface area contributed by atoms with Crippen molar-refractivity contribution in [2.45, 2.75) is 13.8 Å². The fourth-order valence-corrected chi connectivity index (χ4v) is 0.475. The van der Waals surface area contributed by atoms with Crippen molar-refractivity contribution in [2.24, 2.45) is 0 Å². The van der Waals surface area contributed by atoms with Crippen LogP contribution in [0.2, 0.25) is 0 Å². The molecule has 0 fully saturated rings. The first-order valence-corrected chi connectivity index (χ1v) is 2.71. The van der Waals surface area contributed by atoms with Crippen LogP contribution in [-0.4, -0.2) is 11.7 Å². The zero-order chi connectivity index (χ0) is 6.41. The number of aliphatic hydroxyl groups is 1. The molecule has 0 amide bonds. The van der Waals surface area contributed by atoms with Gasteiger partial charge in [0.25, 0.3) is 0 Å². The summed E-state index contributed by atoms with van der Waals surface area (Å²) >= 11 is 0. The van der Waals surface area contributed by atoms with E-state index < -0.39 is 0 Å². The molecule has 1 N–H and O–H groups in total. The van der Waals surface area contributed by atoms with Gasteiger partial charge in [-0.15, -0.1) is 0 Å². The van der Waals surface area contributed by atoms with Gasteiger partial charge in [0.15, 0.2) is 0 Å². The van der Waals surface area contributed by atoms with E-state index in [2.05, 4.69) is 0 Å². The van der Waals surface area contributed by atoms with E-state index in [0.717, 1.165) is 5.57 Å². The molecule has 0 saturated carbocycles. The van der Waals surface area contributed by atoms with Crippen LogP contribution >= 0.6 is 0 Å². The quantitative estimate of drug-likeness (QED) is 0.537. The molecule has 0 aromatic heterocycles. The highest BCUT2D eigenvalue weighted by molar-refractivity contribution is 5.14. The molecule has 0 rings (SSSR count). The van der Waals surface area contributed by atoms with Crippen molar-refractivity contribution in [1.82, 2.24) is 0 Å². The molecule has 0 aromatic carbocycles. The molecule has 0 aliphatic rings. The van der Waals surface area contributed by atoms with E-state index in [1.165, 1.54) is 0 Å². The van der Waals surface area contributed by atoms with Crippen LogP contribution in [0.5, 0.6) is 0 Å². The summed E-state index contributed by atoms with van der Waals surface area (Å²) in [6, 6.07) is 0. The minimum atomic E-state index is 0.135. The minimum Gasteiger partial charge on any atom is -0.392 e. The van der Waals surface area contributed by atoms with E-state index in [1.54, 1.807) is 6.08 Å². The second-order valence-electron chi connectivity index (χ2n) is 1.63. The highest BCUT2D eigenvalue weighted by atomic mass is 16.2. The molecular formula is C7H12O. The summed E-state index contributed by atoms with van der Waals surface area (Å²) < 4.78 is 0. The second kappa shape index (κ2) is 4.60. The van der Waals surface area contributed by atoms with E-state index in [4.69, 9.17) is 5.11 Å². The lowest BCUT2D eigenvalue weighted by molar-refractivity contribution is 0.342. The molecule has 8 heavy (non-hydrogen) atoms. The Morgan fingerprint density at radius 2 is 2.25 bits per heavy atom. The zero-order valence-electron chi connectivity index (χ0n) is 5.39. The average Bonchev–Trinajstić information content (AvgIpc) is 1.68. The van der Waals surface area contributed by atoms with Gasteiger partial charge in [-0.2, -0.15) is 0 Å². The van der Waals surface area contributed by atoms with Gasteiger partial charge in [-0.25, -0.2) is 0 Å². The van der Waals surface area contributed by atoms with Crippen molar-refractivity contribution < 1.29 is 5.11 Å². The first-order chi connectivity index (χ1) is 3.81. The topological polar surface area (TPSA) is 20.2 Å². The smallest absolute Gasteiger partial charge is 0.0617 e. The molecule has 46 valence electrons. The van der Waals surface area contributed by atoms with Crippen LogP contribution in [0.1, 0.15) is 13.8 Å². The maximum Gasteiger partial charge on any atom is 0.0617 e. The van der Waals surface area contributed by atoms with Crippen LogP contribution < -0.4 is 0 Å². The van der Waals surface area contributed by atoms with Gasteiger partial charge >= 0.3 is 0 Å². The molecule has 0 atom stereocenters. The van der Waals surface area contributed by atoms with Crippen LogP contribution in [-0.2, 0) is 0 Å². The lowest BCUT2D eigenvalue weighted by atomic mass is 10.3. The monoisotopic (exact) mass is 112 g/mol. The summed E-state index contributed by atoms with van der Waals surface area (Å²) in [5.74, 6) is 0. The molecule has 0 unspecified atom stereocenters. The Hall–Kier alpha value is -0.560. The van der Waals surface area contributed by atoms with Crippen molar-refractivity contribution in [3.63, 3.8) is 0 Å².